The molecule has 0 radical (unpaired) electrons. The molecule has 2 rings (SSSR count). The molecule has 1 N–H and O–H groups in total. The fraction of sp³-hybridized carbons (Fsp3) is 0.500. The lowest BCUT2D eigenvalue weighted by Gasteiger charge is -2.18. The summed E-state index contributed by atoms with van der Waals surface area (Å²) in [7, 11) is -4.12. The molecule has 33 heavy (non-hydrogen) atoms. The molecule has 0 spiro atoms. The fourth-order valence-corrected chi connectivity index (χ4v) is 6.15. The van der Waals surface area contributed by atoms with Crippen molar-refractivity contribution in [1.29, 1.82) is 0 Å². The molecule has 0 aliphatic carbocycles. The lowest BCUT2D eigenvalue weighted by atomic mass is 9.85. The minimum atomic E-state index is -4.12. The van der Waals surface area contributed by atoms with Crippen molar-refractivity contribution in [3.8, 4) is 11.1 Å². The number of hydrogen-bond donors (Lipinski definition) is 1. The van der Waals surface area contributed by atoms with Crippen LogP contribution in [0.3, 0.4) is 0 Å². The highest BCUT2D eigenvalue weighted by Gasteiger charge is 2.26. The van der Waals surface area contributed by atoms with E-state index in [1.54, 1.807) is 29.2 Å². The lowest BCUT2D eigenvalue weighted by molar-refractivity contribution is 0.0773. The highest BCUT2D eigenvalue weighted by atomic mass is 32.2. The Kier molecular flexibility index (Phi) is 9.91. The molecule has 0 saturated heterocycles. The molecule has 182 valence electrons. The maximum atomic E-state index is 13.0. The summed E-state index contributed by atoms with van der Waals surface area (Å²) in [4.78, 5) is 27.3. The normalized spacial score (nSPS) is 11.5. The van der Waals surface area contributed by atoms with E-state index in [0.29, 0.717) is 48.5 Å². The number of unbranched alkanes of at least 4 members (excludes halogenated alkanes) is 1. The quantitative estimate of drug-likeness (QED) is 0.428. The van der Waals surface area contributed by atoms with Crippen LogP contribution in [-0.4, -0.2) is 45.0 Å². The second-order valence-corrected chi connectivity index (χ2v) is 11.2. The number of carbonyl (C=O) groups is 2. The summed E-state index contributed by atoms with van der Waals surface area (Å²) in [6.45, 7) is 11.3. The van der Waals surface area contributed by atoms with Crippen LogP contribution in [0, 0.1) is 5.92 Å². The smallest absolute Gasteiger partial charge is 0.421 e. The number of nitrogens with one attached hydrogen (secondary N) is 1. The predicted octanol–water partition coefficient (Wildman–Crippen LogP) is 5.31. The van der Waals surface area contributed by atoms with Crippen LogP contribution in [0.4, 0.5) is 4.79 Å². The SMILES string of the molecule is CCCCOC(=O)NS(=O)(=O)c1sc(CC(C)C)cc1-c1ccc([11C](=O)N(CC)CC)cc1. The summed E-state index contributed by atoms with van der Waals surface area (Å²) in [5.41, 5.74) is 1.71. The van der Waals surface area contributed by atoms with Crippen molar-refractivity contribution in [3.05, 3.63) is 40.8 Å². The number of benzene rings is 1. The van der Waals surface area contributed by atoms with Gasteiger partial charge >= 0.3 is 6.09 Å². The Morgan fingerprint density at radius 2 is 1.73 bits per heavy atom. The van der Waals surface area contributed by atoms with Crippen molar-refractivity contribution in [1.82, 2.24) is 9.62 Å². The van der Waals surface area contributed by atoms with Crippen LogP contribution in [0.15, 0.2) is 34.5 Å². The van der Waals surface area contributed by atoms with Crippen molar-refractivity contribution >= 4 is 33.4 Å². The van der Waals surface area contributed by atoms with Crippen molar-refractivity contribution < 1.29 is 22.7 Å². The highest BCUT2D eigenvalue weighted by molar-refractivity contribution is 7.92. The monoisotopic (exact) mass is 493 g/mol. The van der Waals surface area contributed by atoms with E-state index in [0.717, 1.165) is 22.6 Å². The number of thiophene rings is 1. The summed E-state index contributed by atoms with van der Waals surface area (Å²) in [5.74, 6) is 0.273. The average molecular weight is 494 g/mol. The van der Waals surface area contributed by atoms with Crippen LogP contribution < -0.4 is 4.72 Å². The Bertz CT molecular complexity index is 1040. The van der Waals surface area contributed by atoms with Crippen LogP contribution in [0.2, 0.25) is 0 Å². The third-order valence-corrected chi connectivity index (χ3v) is 8.05. The Morgan fingerprint density at radius 1 is 1.09 bits per heavy atom. The fourth-order valence-electron chi connectivity index (χ4n) is 3.31. The van der Waals surface area contributed by atoms with Gasteiger partial charge in [0.1, 0.15) is 4.21 Å². The number of hydrogen-bond acceptors (Lipinski definition) is 6. The summed E-state index contributed by atoms with van der Waals surface area (Å²) < 4.78 is 33.2. The minimum absolute atomic E-state index is 0.0633. The first-order valence-electron chi connectivity index (χ1n) is 11.3. The van der Waals surface area contributed by atoms with Crippen LogP contribution in [-0.2, 0) is 21.2 Å². The molecule has 9 heteroatoms. The largest absolute Gasteiger partial charge is 0.449 e. The molecule has 1 aromatic heterocycles. The molecule has 0 bridgehead atoms. The van der Waals surface area contributed by atoms with Crippen molar-refractivity contribution in [2.45, 2.75) is 58.1 Å². The third kappa shape index (κ3) is 7.30. The molecule has 2 amide bonds. The first-order chi connectivity index (χ1) is 15.6. The predicted molar refractivity (Wildman–Crippen MR) is 132 cm³/mol. The van der Waals surface area contributed by atoms with E-state index in [4.69, 9.17) is 4.74 Å². The molecule has 0 fully saturated rings. The van der Waals surface area contributed by atoms with Crippen LogP contribution in [0.5, 0.6) is 0 Å². The maximum absolute atomic E-state index is 13.0. The van der Waals surface area contributed by atoms with Gasteiger partial charge in [-0.2, -0.15) is 0 Å². The van der Waals surface area contributed by atoms with E-state index in [-0.39, 0.29) is 16.7 Å². The van der Waals surface area contributed by atoms with Gasteiger partial charge in [0.25, 0.3) is 15.9 Å². The summed E-state index contributed by atoms with van der Waals surface area (Å²) in [6.07, 6.45) is 1.23. The van der Waals surface area contributed by atoms with E-state index in [2.05, 4.69) is 13.8 Å². The number of amides is 2. The van der Waals surface area contributed by atoms with E-state index in [1.807, 2.05) is 31.6 Å². The van der Waals surface area contributed by atoms with Gasteiger partial charge in [-0.25, -0.2) is 17.9 Å². The number of carbonyl (C=O) groups excluding carboxylic acids is 2. The molecule has 0 unspecified atom stereocenters. The van der Waals surface area contributed by atoms with E-state index < -0.39 is 16.1 Å². The van der Waals surface area contributed by atoms with Crippen LogP contribution >= 0.6 is 11.3 Å². The first kappa shape index (κ1) is 26.9. The van der Waals surface area contributed by atoms with Gasteiger partial charge in [-0.15, -0.1) is 11.3 Å². The summed E-state index contributed by atoms with van der Waals surface area (Å²) in [5, 5.41) is 0. The highest BCUT2D eigenvalue weighted by Crippen LogP contribution is 2.36. The second kappa shape index (κ2) is 12.2. The Hall–Kier alpha value is -2.39. The zero-order valence-corrected chi connectivity index (χ0v) is 21.6. The van der Waals surface area contributed by atoms with Crippen molar-refractivity contribution in [3.63, 3.8) is 0 Å². The van der Waals surface area contributed by atoms with Gasteiger partial charge in [-0.05, 0) is 56.4 Å². The van der Waals surface area contributed by atoms with Gasteiger partial charge < -0.3 is 9.64 Å². The number of rotatable bonds is 11. The molecular formula is C24H34N2O5S2. The third-order valence-electron chi connectivity index (χ3n) is 5.04. The molecule has 0 aliphatic heterocycles. The Balaban J connectivity index is 2.39. The summed E-state index contributed by atoms with van der Waals surface area (Å²) >= 11 is 1.15. The molecule has 1 aromatic carbocycles. The van der Waals surface area contributed by atoms with Gasteiger partial charge in [-0.3, -0.25) is 4.79 Å². The van der Waals surface area contributed by atoms with Crippen molar-refractivity contribution in [2.24, 2.45) is 5.92 Å². The van der Waals surface area contributed by atoms with Gasteiger partial charge in [0.15, 0.2) is 0 Å². The van der Waals surface area contributed by atoms with E-state index >= 15 is 0 Å². The summed E-state index contributed by atoms with van der Waals surface area (Å²) in [6, 6.07) is 8.76. The maximum Gasteiger partial charge on any atom is 0.421 e. The molecule has 0 atom stereocenters. The topological polar surface area (TPSA) is 92.8 Å². The molecule has 0 aliphatic rings. The Labute approximate surface area is 201 Å². The van der Waals surface area contributed by atoms with Crippen molar-refractivity contribution in [2.75, 3.05) is 19.7 Å². The molecule has 1 heterocycles. The van der Waals surface area contributed by atoms with Crippen LogP contribution in [0.1, 0.15) is 62.7 Å². The van der Waals surface area contributed by atoms with Gasteiger partial charge in [0, 0.05) is 29.1 Å². The zero-order valence-electron chi connectivity index (χ0n) is 20.0. The number of sulfonamides is 1. The van der Waals surface area contributed by atoms with Gasteiger partial charge in [0.05, 0.1) is 6.61 Å². The zero-order chi connectivity index (χ0) is 24.6. The molecule has 7 nitrogen and oxygen atoms in total. The second-order valence-electron chi connectivity index (χ2n) is 8.16. The minimum Gasteiger partial charge on any atom is -0.449 e. The van der Waals surface area contributed by atoms with Gasteiger partial charge in [-0.1, -0.05) is 39.3 Å². The van der Waals surface area contributed by atoms with E-state index in [9.17, 15) is 18.0 Å². The Morgan fingerprint density at radius 3 is 2.27 bits per heavy atom. The lowest BCUT2D eigenvalue weighted by Crippen LogP contribution is -2.31. The first-order valence-corrected chi connectivity index (χ1v) is 13.6. The molecular weight excluding hydrogens is 459 g/mol. The van der Waals surface area contributed by atoms with Gasteiger partial charge in [0.2, 0.25) is 0 Å². The van der Waals surface area contributed by atoms with Crippen LogP contribution in [0.25, 0.3) is 11.1 Å². The molecule has 0 saturated carbocycles. The average Bonchev–Trinajstić information content (AvgIpc) is 3.18. The number of nitrogens with zero attached hydrogens (tertiary/aromatic N) is 1. The van der Waals surface area contributed by atoms with E-state index in [1.165, 1.54) is 0 Å². The standard InChI is InChI=1S/C24H34N2O5S2/c1-6-9-14-31-24(28)25-33(29,30)23-21(16-20(32-23)15-17(4)5)18-10-12-19(13-11-18)22(27)26(7-2)8-3/h10-13,16-17H,6-9,14-15H2,1-5H3,(H,25,28)/i22-1. The molecule has 2 aromatic rings. The number of ether oxygens (including phenoxy) is 1.